The maximum Gasteiger partial charge on any atom is 0.252 e. The second kappa shape index (κ2) is 6.48. The molecule has 3 aromatic rings. The number of halogens is 2. The van der Waals surface area contributed by atoms with Gasteiger partial charge in [-0.3, -0.25) is 4.79 Å². The second-order valence-electron chi connectivity index (χ2n) is 5.73. The van der Waals surface area contributed by atoms with Crippen LogP contribution < -0.4 is 5.32 Å². The Bertz CT molecular complexity index is 869. The highest BCUT2D eigenvalue weighted by Crippen LogP contribution is 2.28. The first-order valence-corrected chi connectivity index (χ1v) is 8.07. The van der Waals surface area contributed by atoms with E-state index in [1.54, 1.807) is 19.1 Å². The van der Waals surface area contributed by atoms with E-state index in [2.05, 4.69) is 5.32 Å². The lowest BCUT2D eigenvalue weighted by Gasteiger charge is -2.21. The van der Waals surface area contributed by atoms with Crippen LogP contribution in [-0.2, 0) is 5.60 Å². The fourth-order valence-corrected chi connectivity index (χ4v) is 2.85. The molecule has 0 aliphatic carbocycles. The zero-order chi connectivity index (χ0) is 17.3. The molecule has 0 saturated heterocycles. The molecule has 1 heterocycles. The van der Waals surface area contributed by atoms with Crippen molar-refractivity contribution in [2.75, 3.05) is 6.54 Å². The summed E-state index contributed by atoms with van der Waals surface area (Å²) in [6.07, 6.45) is 0. The van der Waals surface area contributed by atoms with Gasteiger partial charge in [-0.05, 0) is 37.3 Å². The van der Waals surface area contributed by atoms with E-state index in [-0.39, 0.29) is 11.6 Å². The lowest BCUT2D eigenvalue weighted by Crippen LogP contribution is -2.38. The average Bonchev–Trinajstić information content (AvgIpc) is 2.98. The minimum atomic E-state index is -1.35. The van der Waals surface area contributed by atoms with Crippen LogP contribution in [0.5, 0.6) is 0 Å². The number of amides is 1. The van der Waals surface area contributed by atoms with Crippen molar-refractivity contribution in [3.05, 3.63) is 69.9 Å². The minimum absolute atomic E-state index is 0.0232. The van der Waals surface area contributed by atoms with Gasteiger partial charge in [0.15, 0.2) is 0 Å². The molecule has 0 aliphatic rings. The van der Waals surface area contributed by atoms with Gasteiger partial charge in [0.25, 0.3) is 5.91 Å². The number of para-hydroxylation sites is 1. The highest BCUT2D eigenvalue weighted by atomic mass is 35.5. The quantitative estimate of drug-likeness (QED) is 0.722. The number of hydrogen-bond acceptors (Lipinski definition) is 3. The smallest absolute Gasteiger partial charge is 0.252 e. The first-order valence-electron chi connectivity index (χ1n) is 7.31. The molecule has 1 aromatic heterocycles. The predicted molar refractivity (Wildman–Crippen MR) is 94.6 cm³/mol. The van der Waals surface area contributed by atoms with Crippen molar-refractivity contribution in [1.29, 1.82) is 0 Å². The third-order valence-electron chi connectivity index (χ3n) is 3.73. The standard InChI is InChI=1S/C18H15Cl2NO3/c1-18(23,16-8-11-4-2-3-5-15(11)24-16)10-21-17(22)13-7-6-12(19)9-14(13)20/h2-9,23H,10H2,1H3,(H,21,22). The molecule has 124 valence electrons. The van der Waals surface area contributed by atoms with Crippen LogP contribution in [0.4, 0.5) is 0 Å². The van der Waals surface area contributed by atoms with Crippen LogP contribution in [-0.4, -0.2) is 17.6 Å². The van der Waals surface area contributed by atoms with E-state index in [4.69, 9.17) is 27.6 Å². The Morgan fingerprint density at radius 3 is 2.67 bits per heavy atom. The summed E-state index contributed by atoms with van der Waals surface area (Å²) < 4.78 is 5.67. The van der Waals surface area contributed by atoms with E-state index >= 15 is 0 Å². The SMILES string of the molecule is CC(O)(CNC(=O)c1ccc(Cl)cc1Cl)c1cc2ccccc2o1. The Morgan fingerprint density at radius 1 is 1.21 bits per heavy atom. The van der Waals surface area contributed by atoms with Crippen molar-refractivity contribution in [2.45, 2.75) is 12.5 Å². The lowest BCUT2D eigenvalue weighted by atomic mass is 10.0. The van der Waals surface area contributed by atoms with Gasteiger partial charge in [0, 0.05) is 10.4 Å². The van der Waals surface area contributed by atoms with Crippen molar-refractivity contribution in [1.82, 2.24) is 5.32 Å². The number of carbonyl (C=O) groups excluding carboxylic acids is 1. The Morgan fingerprint density at radius 2 is 1.96 bits per heavy atom. The maximum atomic E-state index is 12.2. The summed E-state index contributed by atoms with van der Waals surface area (Å²) in [5.41, 5.74) is -0.380. The molecule has 0 aliphatic heterocycles. The Kier molecular flexibility index (Phi) is 4.54. The fourth-order valence-electron chi connectivity index (χ4n) is 2.36. The molecule has 0 radical (unpaired) electrons. The summed E-state index contributed by atoms with van der Waals surface area (Å²) in [6, 6.07) is 13.8. The van der Waals surface area contributed by atoms with E-state index in [9.17, 15) is 9.90 Å². The summed E-state index contributed by atoms with van der Waals surface area (Å²) in [4.78, 5) is 12.2. The van der Waals surface area contributed by atoms with E-state index in [0.29, 0.717) is 21.9 Å². The van der Waals surface area contributed by atoms with Gasteiger partial charge in [-0.1, -0.05) is 41.4 Å². The molecule has 6 heteroatoms. The molecular weight excluding hydrogens is 349 g/mol. The van der Waals surface area contributed by atoms with E-state index < -0.39 is 11.5 Å². The van der Waals surface area contributed by atoms with Crippen LogP contribution in [0.1, 0.15) is 23.0 Å². The molecule has 0 saturated carbocycles. The normalized spacial score (nSPS) is 13.7. The van der Waals surface area contributed by atoms with Gasteiger partial charge in [-0.2, -0.15) is 0 Å². The zero-order valence-corrected chi connectivity index (χ0v) is 14.4. The first kappa shape index (κ1) is 16.8. The van der Waals surface area contributed by atoms with E-state index in [1.165, 1.54) is 12.1 Å². The molecule has 0 fully saturated rings. The molecule has 4 nitrogen and oxygen atoms in total. The van der Waals surface area contributed by atoms with Crippen LogP contribution in [0.25, 0.3) is 11.0 Å². The fraction of sp³-hybridized carbons (Fsp3) is 0.167. The Balaban J connectivity index is 1.75. The predicted octanol–water partition coefficient (Wildman–Crippen LogP) is 4.38. The third-order valence-corrected chi connectivity index (χ3v) is 4.27. The molecule has 1 unspecified atom stereocenters. The van der Waals surface area contributed by atoms with Crippen LogP contribution in [0.2, 0.25) is 10.0 Å². The largest absolute Gasteiger partial charge is 0.458 e. The Labute approximate surface area is 149 Å². The maximum absolute atomic E-state index is 12.2. The molecule has 1 atom stereocenters. The Hall–Kier alpha value is -2.01. The number of benzene rings is 2. The molecular formula is C18H15Cl2NO3. The van der Waals surface area contributed by atoms with Crippen molar-refractivity contribution < 1.29 is 14.3 Å². The van der Waals surface area contributed by atoms with Crippen molar-refractivity contribution in [2.24, 2.45) is 0 Å². The minimum Gasteiger partial charge on any atom is -0.458 e. The lowest BCUT2D eigenvalue weighted by molar-refractivity contribution is 0.0344. The molecule has 0 spiro atoms. The van der Waals surface area contributed by atoms with E-state index in [1.807, 2.05) is 24.3 Å². The number of aliphatic hydroxyl groups is 1. The van der Waals surface area contributed by atoms with Crippen molar-refractivity contribution >= 4 is 40.1 Å². The molecule has 2 N–H and O–H groups in total. The summed E-state index contributed by atoms with van der Waals surface area (Å²) in [5.74, 6) is -0.0146. The van der Waals surface area contributed by atoms with Crippen molar-refractivity contribution in [3.8, 4) is 0 Å². The first-order chi connectivity index (χ1) is 11.4. The highest BCUT2D eigenvalue weighted by Gasteiger charge is 2.28. The zero-order valence-electron chi connectivity index (χ0n) is 12.8. The highest BCUT2D eigenvalue weighted by molar-refractivity contribution is 6.36. The van der Waals surface area contributed by atoms with Gasteiger partial charge in [0.1, 0.15) is 16.9 Å². The van der Waals surface area contributed by atoms with Crippen molar-refractivity contribution in [3.63, 3.8) is 0 Å². The van der Waals surface area contributed by atoms with Crippen LogP contribution in [0, 0.1) is 0 Å². The second-order valence-corrected chi connectivity index (χ2v) is 6.57. The van der Waals surface area contributed by atoms with Gasteiger partial charge in [-0.15, -0.1) is 0 Å². The van der Waals surface area contributed by atoms with Crippen LogP contribution in [0.15, 0.2) is 52.9 Å². The third kappa shape index (κ3) is 3.41. The molecule has 1 amide bonds. The summed E-state index contributed by atoms with van der Waals surface area (Å²) >= 11 is 11.8. The number of furan rings is 1. The van der Waals surface area contributed by atoms with Gasteiger partial charge in [0.05, 0.1) is 17.1 Å². The molecule has 3 rings (SSSR count). The topological polar surface area (TPSA) is 62.5 Å². The number of carbonyl (C=O) groups is 1. The van der Waals surface area contributed by atoms with Gasteiger partial charge >= 0.3 is 0 Å². The molecule has 0 bridgehead atoms. The number of nitrogens with one attached hydrogen (secondary N) is 1. The summed E-state index contributed by atoms with van der Waals surface area (Å²) in [5, 5.41) is 14.9. The monoisotopic (exact) mass is 363 g/mol. The summed E-state index contributed by atoms with van der Waals surface area (Å²) in [7, 11) is 0. The number of hydrogen-bond donors (Lipinski definition) is 2. The van der Waals surface area contributed by atoms with Gasteiger partial charge < -0.3 is 14.8 Å². The van der Waals surface area contributed by atoms with E-state index in [0.717, 1.165) is 5.39 Å². The van der Waals surface area contributed by atoms with Crippen LogP contribution >= 0.6 is 23.2 Å². The summed E-state index contributed by atoms with van der Waals surface area (Å²) in [6.45, 7) is 1.55. The molecule has 24 heavy (non-hydrogen) atoms. The number of rotatable bonds is 4. The van der Waals surface area contributed by atoms with Gasteiger partial charge in [0.2, 0.25) is 0 Å². The average molecular weight is 364 g/mol. The number of fused-ring (bicyclic) bond motifs is 1. The van der Waals surface area contributed by atoms with Crippen LogP contribution in [0.3, 0.4) is 0 Å². The van der Waals surface area contributed by atoms with Gasteiger partial charge in [-0.25, -0.2) is 0 Å². The molecule has 2 aromatic carbocycles.